The zero-order valence-electron chi connectivity index (χ0n) is 14.8. The largest absolute Gasteiger partial charge is 0.381 e. The second-order valence-corrected chi connectivity index (χ2v) is 6.55. The molecule has 0 fully saturated rings. The average Bonchev–Trinajstić information content (AvgIpc) is 3.31. The van der Waals surface area contributed by atoms with Gasteiger partial charge in [-0.1, -0.05) is 6.07 Å². The molecule has 1 atom stereocenters. The predicted molar refractivity (Wildman–Crippen MR) is 96.7 cm³/mol. The lowest BCUT2D eigenvalue weighted by atomic mass is 9.92. The Balaban J connectivity index is 1.81. The first-order chi connectivity index (χ1) is 13.9. The van der Waals surface area contributed by atoms with Gasteiger partial charge in [-0.2, -0.15) is 5.10 Å². The lowest BCUT2D eigenvalue weighted by Crippen LogP contribution is -2.37. The van der Waals surface area contributed by atoms with Crippen LogP contribution in [0.4, 0.5) is 14.5 Å². The summed E-state index contributed by atoms with van der Waals surface area (Å²) in [4.78, 5) is 18.5. The van der Waals surface area contributed by atoms with Crippen molar-refractivity contribution >= 4 is 16.7 Å². The summed E-state index contributed by atoms with van der Waals surface area (Å²) < 4.78 is 30.7. The first-order valence-corrected chi connectivity index (χ1v) is 8.45. The van der Waals surface area contributed by atoms with Crippen LogP contribution in [0.25, 0.3) is 11.0 Å². The van der Waals surface area contributed by atoms with Gasteiger partial charge in [-0.15, -0.1) is 0 Å². The van der Waals surface area contributed by atoms with Crippen molar-refractivity contribution < 1.29 is 18.8 Å². The molecular weight excluding hydrogens is 386 g/mol. The molecule has 29 heavy (non-hydrogen) atoms. The third-order valence-corrected chi connectivity index (χ3v) is 4.57. The van der Waals surface area contributed by atoms with E-state index >= 15 is 0 Å². The predicted octanol–water partition coefficient (Wildman–Crippen LogP) is 2.40. The van der Waals surface area contributed by atoms with Crippen LogP contribution in [-0.4, -0.2) is 34.3 Å². The van der Waals surface area contributed by atoms with Gasteiger partial charge < -0.3 is 9.67 Å². The van der Waals surface area contributed by atoms with Crippen LogP contribution in [0.5, 0.6) is 0 Å². The lowest BCUT2D eigenvalue weighted by molar-refractivity contribution is -0.384. The standard InChI is InChI=1S/C18H14F2N6O3/c19-12-1-3-14(15(20)5-12)18(27,8-25-10-21-9-23-25)7-24-11-22-16-4-2-13(26(28)29)6-17(16)24/h1-6,9-11,27H,7-8H2. The molecular formula is C18H14F2N6O3. The Labute approximate surface area is 162 Å². The van der Waals surface area contributed by atoms with Crippen LogP contribution in [0.15, 0.2) is 55.4 Å². The Bertz CT molecular complexity index is 1190. The van der Waals surface area contributed by atoms with Crippen LogP contribution in [-0.2, 0) is 18.7 Å². The second kappa shape index (κ2) is 7.02. The van der Waals surface area contributed by atoms with Gasteiger partial charge in [0.15, 0.2) is 0 Å². The van der Waals surface area contributed by atoms with E-state index < -0.39 is 22.2 Å². The summed E-state index contributed by atoms with van der Waals surface area (Å²) in [5, 5.41) is 26.4. The molecule has 148 valence electrons. The second-order valence-electron chi connectivity index (χ2n) is 6.55. The highest BCUT2D eigenvalue weighted by Gasteiger charge is 2.34. The summed E-state index contributed by atoms with van der Waals surface area (Å²) >= 11 is 0. The number of hydrogen-bond donors (Lipinski definition) is 1. The molecule has 11 heteroatoms. The van der Waals surface area contributed by atoms with Gasteiger partial charge in [-0.3, -0.25) is 10.1 Å². The molecule has 9 nitrogen and oxygen atoms in total. The zero-order valence-corrected chi connectivity index (χ0v) is 14.8. The van der Waals surface area contributed by atoms with Crippen molar-refractivity contribution in [1.82, 2.24) is 24.3 Å². The normalized spacial score (nSPS) is 13.5. The number of nitrogens with zero attached hydrogens (tertiary/aromatic N) is 6. The monoisotopic (exact) mass is 400 g/mol. The van der Waals surface area contributed by atoms with E-state index in [1.54, 1.807) is 0 Å². The minimum Gasteiger partial charge on any atom is -0.381 e. The smallest absolute Gasteiger partial charge is 0.271 e. The van der Waals surface area contributed by atoms with Gasteiger partial charge in [0.25, 0.3) is 5.69 Å². The Hall–Kier alpha value is -3.73. The van der Waals surface area contributed by atoms with Gasteiger partial charge in [-0.05, 0) is 12.1 Å². The van der Waals surface area contributed by atoms with Crippen LogP contribution in [0.2, 0.25) is 0 Å². The number of rotatable bonds is 6. The number of fused-ring (bicyclic) bond motifs is 1. The molecule has 0 radical (unpaired) electrons. The molecule has 0 aliphatic carbocycles. The average molecular weight is 400 g/mol. The Kier molecular flexibility index (Phi) is 4.51. The minimum atomic E-state index is -1.87. The summed E-state index contributed by atoms with van der Waals surface area (Å²) in [6.45, 7) is -0.406. The first kappa shape index (κ1) is 18.6. The molecule has 0 saturated carbocycles. The van der Waals surface area contributed by atoms with E-state index in [1.165, 1.54) is 46.4 Å². The van der Waals surface area contributed by atoms with Crippen molar-refractivity contribution in [2.75, 3.05) is 0 Å². The molecule has 0 amide bonds. The van der Waals surface area contributed by atoms with Crippen molar-refractivity contribution in [3.63, 3.8) is 0 Å². The number of benzene rings is 2. The summed E-state index contributed by atoms with van der Waals surface area (Å²) in [7, 11) is 0. The van der Waals surface area contributed by atoms with Crippen molar-refractivity contribution in [2.45, 2.75) is 18.7 Å². The Morgan fingerprint density at radius 1 is 1.14 bits per heavy atom. The number of hydrogen-bond acceptors (Lipinski definition) is 6. The van der Waals surface area contributed by atoms with Crippen LogP contribution in [0.3, 0.4) is 0 Å². The highest BCUT2D eigenvalue weighted by molar-refractivity contribution is 5.78. The summed E-state index contributed by atoms with van der Waals surface area (Å²) in [5.74, 6) is -1.71. The fourth-order valence-corrected chi connectivity index (χ4v) is 3.24. The summed E-state index contributed by atoms with van der Waals surface area (Å²) in [5.41, 5.74) is -1.31. The highest BCUT2D eigenvalue weighted by Crippen LogP contribution is 2.30. The SMILES string of the molecule is O=[N+]([O-])c1ccc2ncn(CC(O)(Cn3cncn3)c3ccc(F)cc3F)c2c1. The maximum absolute atomic E-state index is 14.5. The third-order valence-electron chi connectivity index (χ3n) is 4.57. The van der Waals surface area contributed by atoms with E-state index in [0.717, 1.165) is 12.1 Å². The van der Waals surface area contributed by atoms with Gasteiger partial charge in [0.1, 0.15) is 29.9 Å². The van der Waals surface area contributed by atoms with E-state index in [9.17, 15) is 24.0 Å². The first-order valence-electron chi connectivity index (χ1n) is 8.45. The topological polar surface area (TPSA) is 112 Å². The Morgan fingerprint density at radius 2 is 1.97 bits per heavy atom. The van der Waals surface area contributed by atoms with Crippen molar-refractivity contribution in [2.24, 2.45) is 0 Å². The third kappa shape index (κ3) is 3.55. The molecule has 2 aromatic heterocycles. The summed E-state index contributed by atoms with van der Waals surface area (Å²) in [6.07, 6.45) is 4.00. The fraction of sp³-hybridized carbons (Fsp3) is 0.167. The highest BCUT2D eigenvalue weighted by atomic mass is 19.1. The molecule has 0 aliphatic rings. The van der Waals surface area contributed by atoms with E-state index in [-0.39, 0.29) is 24.3 Å². The molecule has 0 aliphatic heterocycles. The van der Waals surface area contributed by atoms with Crippen LogP contribution in [0, 0.1) is 21.7 Å². The molecule has 4 aromatic rings. The van der Waals surface area contributed by atoms with Gasteiger partial charge >= 0.3 is 0 Å². The van der Waals surface area contributed by atoms with Gasteiger partial charge in [0.05, 0.1) is 35.4 Å². The van der Waals surface area contributed by atoms with Gasteiger partial charge in [0, 0.05) is 23.8 Å². The maximum atomic E-state index is 14.5. The lowest BCUT2D eigenvalue weighted by Gasteiger charge is -2.29. The number of nitro groups is 1. The van der Waals surface area contributed by atoms with Crippen molar-refractivity contribution in [3.8, 4) is 0 Å². The molecule has 0 saturated heterocycles. The van der Waals surface area contributed by atoms with Crippen molar-refractivity contribution in [1.29, 1.82) is 0 Å². The molecule has 2 heterocycles. The van der Waals surface area contributed by atoms with E-state index in [4.69, 9.17) is 0 Å². The maximum Gasteiger partial charge on any atom is 0.271 e. The van der Waals surface area contributed by atoms with E-state index in [2.05, 4.69) is 15.1 Å². The molecule has 4 rings (SSSR count). The number of imidazole rings is 1. The van der Waals surface area contributed by atoms with Crippen LogP contribution in [0.1, 0.15) is 5.56 Å². The zero-order chi connectivity index (χ0) is 20.6. The minimum absolute atomic E-state index is 0.146. The molecule has 0 bridgehead atoms. The quantitative estimate of drug-likeness (QED) is 0.393. The Morgan fingerprint density at radius 3 is 2.66 bits per heavy atom. The molecule has 1 unspecified atom stereocenters. The number of aromatic nitrogens is 5. The number of non-ortho nitro benzene ring substituents is 1. The number of nitro benzene ring substituents is 1. The molecule has 2 aromatic carbocycles. The van der Waals surface area contributed by atoms with Crippen molar-refractivity contribution in [3.05, 3.63) is 82.7 Å². The summed E-state index contributed by atoms with van der Waals surface area (Å²) in [6, 6.07) is 7.00. The molecule has 1 N–H and O–H groups in total. The number of aliphatic hydroxyl groups is 1. The van der Waals surface area contributed by atoms with E-state index in [1.807, 2.05) is 0 Å². The number of halogens is 2. The van der Waals surface area contributed by atoms with Gasteiger partial charge in [0.2, 0.25) is 0 Å². The van der Waals surface area contributed by atoms with Gasteiger partial charge in [-0.25, -0.2) is 23.4 Å². The van der Waals surface area contributed by atoms with Crippen LogP contribution >= 0.6 is 0 Å². The molecule has 0 spiro atoms. The fourth-order valence-electron chi connectivity index (χ4n) is 3.24. The van der Waals surface area contributed by atoms with E-state index in [0.29, 0.717) is 17.1 Å². The van der Waals surface area contributed by atoms with Crippen LogP contribution < -0.4 is 0 Å².